The number of nitrogens with one attached hydrogen (secondary N) is 1. The van der Waals surface area contributed by atoms with Crippen LogP contribution in [-0.4, -0.2) is 36.7 Å². The monoisotopic (exact) mass is 491 g/mol. The summed E-state index contributed by atoms with van der Waals surface area (Å²) in [5.41, 5.74) is 18.3. The van der Waals surface area contributed by atoms with Crippen LogP contribution in [0.25, 0.3) is 32.4 Å². The largest absolute Gasteiger partial charge is 0.471 e. The molecule has 0 atom stereocenters. The summed E-state index contributed by atoms with van der Waals surface area (Å²) in [7, 11) is 0. The summed E-state index contributed by atoms with van der Waals surface area (Å²) in [6.07, 6.45) is 1.49. The molecule has 5 aromatic rings. The van der Waals surface area contributed by atoms with Crippen LogP contribution in [0.5, 0.6) is 5.88 Å². The molecule has 0 fully saturated rings. The number of nitrogen functional groups attached to an aromatic ring is 1. The second kappa shape index (κ2) is 8.63. The van der Waals surface area contributed by atoms with E-state index in [2.05, 4.69) is 30.0 Å². The lowest BCUT2D eigenvalue weighted by Crippen LogP contribution is -2.39. The normalized spacial score (nSPS) is 12.7. The van der Waals surface area contributed by atoms with Gasteiger partial charge in [-0.3, -0.25) is 14.5 Å². The number of amides is 2. The van der Waals surface area contributed by atoms with E-state index in [4.69, 9.17) is 16.0 Å². The maximum atomic E-state index is 13.3. The van der Waals surface area contributed by atoms with Crippen LogP contribution in [0.2, 0.25) is 0 Å². The van der Waals surface area contributed by atoms with Gasteiger partial charge >= 0.3 is 0 Å². The Hall–Kier alpha value is -5.48. The van der Waals surface area contributed by atoms with Crippen LogP contribution < -0.4 is 10.5 Å². The zero-order valence-electron chi connectivity index (χ0n) is 19.1. The maximum Gasteiger partial charge on any atom is 0.261 e. The lowest BCUT2D eigenvalue weighted by atomic mass is 9.93. The second-order valence-corrected chi connectivity index (χ2v) is 8.34. The molecular formula is C25H17N9O3. The van der Waals surface area contributed by atoms with Gasteiger partial charge < -0.3 is 15.5 Å². The number of nitrogens with zero attached hydrogens (tertiary/aromatic N) is 7. The smallest absolute Gasteiger partial charge is 0.261 e. The Kier molecular flexibility index (Phi) is 5.13. The third-order valence-corrected chi connectivity index (χ3v) is 6.13. The van der Waals surface area contributed by atoms with E-state index in [1.807, 2.05) is 24.3 Å². The highest BCUT2D eigenvalue weighted by molar-refractivity contribution is 6.26. The highest BCUT2D eigenvalue weighted by atomic mass is 16.5. The van der Waals surface area contributed by atoms with E-state index in [1.165, 1.54) is 11.2 Å². The number of rotatable bonds is 6. The van der Waals surface area contributed by atoms with E-state index in [9.17, 15) is 9.59 Å². The number of anilines is 1. The molecule has 0 unspecified atom stereocenters. The van der Waals surface area contributed by atoms with Gasteiger partial charge in [-0.25, -0.2) is 4.98 Å². The molecule has 0 radical (unpaired) electrons. The van der Waals surface area contributed by atoms with Gasteiger partial charge in [0.25, 0.3) is 11.8 Å². The number of carbonyl (C=O) groups is 2. The van der Waals surface area contributed by atoms with Gasteiger partial charge in [-0.1, -0.05) is 47.6 Å². The first-order valence-electron chi connectivity index (χ1n) is 11.2. The van der Waals surface area contributed by atoms with E-state index < -0.39 is 11.8 Å². The lowest BCUT2D eigenvalue weighted by Gasteiger charge is -2.27. The van der Waals surface area contributed by atoms with E-state index in [-0.39, 0.29) is 19.1 Å². The fraction of sp³-hybridized carbons (Fsp3) is 0.0800. The van der Waals surface area contributed by atoms with Crippen molar-refractivity contribution >= 4 is 45.4 Å². The van der Waals surface area contributed by atoms with Crippen molar-refractivity contribution < 1.29 is 14.3 Å². The molecule has 2 amide bonds. The molecule has 3 heterocycles. The van der Waals surface area contributed by atoms with Gasteiger partial charge in [-0.05, 0) is 34.2 Å². The predicted octanol–water partition coefficient (Wildman–Crippen LogP) is 4.41. The van der Waals surface area contributed by atoms with Crippen LogP contribution in [0, 0.1) is 0 Å². The molecule has 0 bridgehead atoms. The number of azide groups is 1. The Labute approximate surface area is 208 Å². The highest BCUT2D eigenvalue weighted by Crippen LogP contribution is 2.36. The minimum Gasteiger partial charge on any atom is -0.471 e. The summed E-state index contributed by atoms with van der Waals surface area (Å²) < 4.78 is 5.82. The number of hydrogen-bond donors (Lipinski definition) is 2. The third kappa shape index (κ3) is 3.74. The number of aromatic nitrogens is 4. The number of carbonyl (C=O) groups excluding carboxylic acids is 2. The van der Waals surface area contributed by atoms with Crippen molar-refractivity contribution in [1.82, 2.24) is 24.8 Å². The molecule has 0 saturated heterocycles. The van der Waals surface area contributed by atoms with Crippen LogP contribution >= 0.6 is 0 Å². The number of ether oxygens (including phenoxy) is 1. The minimum absolute atomic E-state index is 0.0621. The van der Waals surface area contributed by atoms with Gasteiger partial charge in [0.2, 0.25) is 11.8 Å². The molecule has 0 spiro atoms. The van der Waals surface area contributed by atoms with E-state index in [0.717, 1.165) is 11.1 Å². The van der Waals surface area contributed by atoms with Crippen molar-refractivity contribution in [2.75, 3.05) is 5.73 Å². The number of hydrogen-bond acceptors (Lipinski definition) is 8. The first-order valence-corrected chi connectivity index (χ1v) is 11.2. The van der Waals surface area contributed by atoms with Crippen LogP contribution in [0.1, 0.15) is 31.8 Å². The summed E-state index contributed by atoms with van der Waals surface area (Å²) in [6, 6.07) is 15.7. The number of imidazole rings is 1. The molecule has 0 aliphatic carbocycles. The van der Waals surface area contributed by atoms with Crippen LogP contribution in [0.4, 0.5) is 11.6 Å². The van der Waals surface area contributed by atoms with Crippen molar-refractivity contribution in [1.29, 1.82) is 0 Å². The first-order chi connectivity index (χ1) is 18.0. The fourth-order valence-electron chi connectivity index (χ4n) is 4.41. The van der Waals surface area contributed by atoms with Gasteiger partial charge in [0.15, 0.2) is 5.65 Å². The minimum atomic E-state index is -0.404. The third-order valence-electron chi connectivity index (χ3n) is 6.13. The van der Waals surface area contributed by atoms with E-state index in [0.29, 0.717) is 44.6 Å². The molecule has 12 nitrogen and oxygen atoms in total. The molecule has 1 aliphatic rings. The number of H-pyrrole nitrogens is 1. The second-order valence-electron chi connectivity index (χ2n) is 8.34. The van der Waals surface area contributed by atoms with Gasteiger partial charge in [0.1, 0.15) is 12.1 Å². The summed E-state index contributed by atoms with van der Waals surface area (Å²) in [5, 5.41) is 4.76. The van der Waals surface area contributed by atoms with Crippen molar-refractivity contribution in [2.24, 2.45) is 5.11 Å². The van der Waals surface area contributed by atoms with Gasteiger partial charge in [-0.2, -0.15) is 9.97 Å². The predicted molar refractivity (Wildman–Crippen MR) is 134 cm³/mol. The number of imide groups is 1. The molecular weight excluding hydrogens is 474 g/mol. The molecule has 6 rings (SSSR count). The topological polar surface area (TPSA) is 176 Å². The molecule has 0 saturated carbocycles. The average Bonchev–Trinajstić information content (AvgIpc) is 3.38. The fourth-order valence-corrected chi connectivity index (χ4v) is 4.41. The number of aromatic amines is 1. The summed E-state index contributed by atoms with van der Waals surface area (Å²) in [4.78, 5) is 45.8. The Morgan fingerprint density at radius 2 is 1.76 bits per heavy atom. The zero-order valence-corrected chi connectivity index (χ0v) is 19.1. The SMILES string of the molecule is [N-]=[N+]=Nc1ccc2c3c(cccc13)C(=O)N(Cc1ccc(COc3nc(N)nc4nc[nH]c34)cc1)C2=O. The maximum absolute atomic E-state index is 13.3. The van der Waals surface area contributed by atoms with E-state index in [1.54, 1.807) is 30.3 Å². The number of benzene rings is 3. The first kappa shape index (κ1) is 22.0. The highest BCUT2D eigenvalue weighted by Gasteiger charge is 2.33. The van der Waals surface area contributed by atoms with Gasteiger partial charge in [0, 0.05) is 27.1 Å². The number of nitrogens with two attached hydrogens (primary N) is 1. The molecule has 3 N–H and O–H groups in total. The zero-order chi connectivity index (χ0) is 25.5. The Morgan fingerprint density at radius 3 is 2.54 bits per heavy atom. The van der Waals surface area contributed by atoms with Crippen LogP contribution in [0.15, 0.2) is 66.0 Å². The molecule has 3 aromatic carbocycles. The average molecular weight is 491 g/mol. The summed E-state index contributed by atoms with van der Waals surface area (Å²) in [6.45, 7) is 0.319. The van der Waals surface area contributed by atoms with Crippen molar-refractivity contribution in [3.05, 3.63) is 93.6 Å². The molecule has 1 aliphatic heterocycles. The van der Waals surface area contributed by atoms with Gasteiger partial charge in [0.05, 0.1) is 12.9 Å². The number of fused-ring (bicyclic) bond motifs is 1. The van der Waals surface area contributed by atoms with Crippen molar-refractivity contribution in [3.8, 4) is 5.88 Å². The standard InChI is InChI=1S/C25H17N9O3/c26-25-30-21-20(28-12-29-21)22(31-25)37-11-14-6-4-13(5-7-14)10-34-23(35)16-3-1-2-15-18(32-33-27)9-8-17(19(15)16)24(34)36/h1-9,12H,10-11H2,(H3,26,28,29,30,31). The lowest BCUT2D eigenvalue weighted by molar-refractivity contribution is 0.0598. The molecule has 12 heteroatoms. The van der Waals surface area contributed by atoms with Crippen molar-refractivity contribution in [3.63, 3.8) is 0 Å². The molecule has 2 aromatic heterocycles. The van der Waals surface area contributed by atoms with Crippen LogP contribution in [0.3, 0.4) is 0 Å². The Balaban J connectivity index is 1.22. The van der Waals surface area contributed by atoms with Crippen molar-refractivity contribution in [2.45, 2.75) is 13.2 Å². The Morgan fingerprint density at radius 1 is 1.00 bits per heavy atom. The molecule has 180 valence electrons. The molecule has 37 heavy (non-hydrogen) atoms. The quantitative estimate of drug-likeness (QED) is 0.153. The van der Waals surface area contributed by atoms with E-state index >= 15 is 0 Å². The van der Waals surface area contributed by atoms with Gasteiger partial charge in [-0.15, -0.1) is 0 Å². The summed E-state index contributed by atoms with van der Waals surface area (Å²) in [5.74, 6) is -0.450. The Bertz CT molecular complexity index is 1750. The van der Waals surface area contributed by atoms with Crippen LogP contribution in [-0.2, 0) is 13.2 Å². The summed E-state index contributed by atoms with van der Waals surface area (Å²) >= 11 is 0.